The van der Waals surface area contributed by atoms with Crippen molar-refractivity contribution >= 4 is 30.3 Å². The molecule has 4 rings (SSSR count). The Labute approximate surface area is 161 Å². The number of hydrogen-bond acceptors (Lipinski definition) is 1. The Bertz CT molecular complexity index is 885. The predicted octanol–water partition coefficient (Wildman–Crippen LogP) is 6.39. The summed E-state index contributed by atoms with van der Waals surface area (Å²) < 4.78 is 0. The van der Waals surface area contributed by atoms with E-state index >= 15 is 0 Å². The van der Waals surface area contributed by atoms with E-state index < -0.39 is 7.92 Å². The van der Waals surface area contributed by atoms with Crippen LogP contribution in [0.15, 0.2) is 112 Å². The molecular weight excluding hydrogens is 351 g/mol. The van der Waals surface area contributed by atoms with Crippen LogP contribution in [0.3, 0.4) is 0 Å². The first-order valence-electron chi connectivity index (χ1n) is 8.86. The molecule has 0 atom stereocenters. The molecule has 0 radical (unpaired) electrons. The van der Waals surface area contributed by atoms with E-state index in [0.717, 1.165) is 6.42 Å². The summed E-state index contributed by atoms with van der Waals surface area (Å²) in [6.07, 6.45) is 5.70. The molecule has 128 valence electrons. The number of hydrogen-bond donors (Lipinski definition) is 0. The van der Waals surface area contributed by atoms with E-state index in [-0.39, 0.29) is 0 Å². The Kier molecular flexibility index (Phi) is 5.39. The molecule has 0 N–H and O–H groups in total. The molecule has 3 aromatic rings. The standard InChI is InChI=1S/C24H21PS/c1-19-15-17-22(18-16-19)26-24-14-8-13-23(24)25(20-9-4-2-5-10-20)21-11-6-3-7-12-21/h2-13,15-18H,14H2,1H3. The summed E-state index contributed by atoms with van der Waals surface area (Å²) in [5.41, 5.74) is 1.31. The highest BCUT2D eigenvalue weighted by atomic mass is 32.2. The van der Waals surface area contributed by atoms with Crippen molar-refractivity contribution in [2.45, 2.75) is 18.2 Å². The van der Waals surface area contributed by atoms with Gasteiger partial charge in [-0.25, -0.2) is 0 Å². The van der Waals surface area contributed by atoms with Crippen molar-refractivity contribution in [1.82, 2.24) is 0 Å². The van der Waals surface area contributed by atoms with Gasteiger partial charge in [-0.1, -0.05) is 102 Å². The van der Waals surface area contributed by atoms with Crippen LogP contribution >= 0.6 is 19.7 Å². The zero-order valence-electron chi connectivity index (χ0n) is 14.8. The monoisotopic (exact) mass is 372 g/mol. The summed E-state index contributed by atoms with van der Waals surface area (Å²) in [5.74, 6) is 0. The highest BCUT2D eigenvalue weighted by Gasteiger charge is 2.23. The van der Waals surface area contributed by atoms with E-state index in [1.54, 1.807) is 0 Å². The van der Waals surface area contributed by atoms with Gasteiger partial charge in [0.2, 0.25) is 0 Å². The predicted molar refractivity (Wildman–Crippen MR) is 117 cm³/mol. The molecule has 0 amide bonds. The largest absolute Gasteiger partial charge is 0.0935 e. The molecule has 0 unspecified atom stereocenters. The van der Waals surface area contributed by atoms with Gasteiger partial charge in [0.15, 0.2) is 0 Å². The zero-order chi connectivity index (χ0) is 17.8. The normalized spacial score (nSPS) is 13.6. The number of aryl methyl sites for hydroxylation is 1. The number of benzene rings is 3. The van der Waals surface area contributed by atoms with E-state index in [2.05, 4.69) is 104 Å². The number of thioether (sulfide) groups is 1. The van der Waals surface area contributed by atoms with Crippen molar-refractivity contribution in [1.29, 1.82) is 0 Å². The van der Waals surface area contributed by atoms with Crippen LogP contribution in [-0.4, -0.2) is 0 Å². The van der Waals surface area contributed by atoms with Crippen LogP contribution in [0, 0.1) is 6.92 Å². The molecule has 0 saturated heterocycles. The molecule has 0 aliphatic heterocycles. The van der Waals surface area contributed by atoms with Gasteiger partial charge in [0.05, 0.1) is 0 Å². The molecule has 0 spiro atoms. The van der Waals surface area contributed by atoms with E-state index in [0.29, 0.717) is 0 Å². The molecule has 0 saturated carbocycles. The second-order valence-corrected chi connectivity index (χ2v) is 9.69. The zero-order valence-corrected chi connectivity index (χ0v) is 16.5. The van der Waals surface area contributed by atoms with Gasteiger partial charge in [0.1, 0.15) is 0 Å². The third-order valence-corrected chi connectivity index (χ3v) is 8.22. The second-order valence-electron chi connectivity index (χ2n) is 6.34. The van der Waals surface area contributed by atoms with E-state index in [1.165, 1.54) is 31.3 Å². The molecule has 0 bridgehead atoms. The Balaban J connectivity index is 1.76. The number of allylic oxidation sites excluding steroid dienone is 4. The lowest BCUT2D eigenvalue weighted by Gasteiger charge is -2.21. The first-order valence-corrected chi connectivity index (χ1v) is 11.0. The summed E-state index contributed by atoms with van der Waals surface area (Å²) in [7, 11) is -0.522. The van der Waals surface area contributed by atoms with Crippen molar-refractivity contribution in [2.75, 3.05) is 0 Å². The summed E-state index contributed by atoms with van der Waals surface area (Å²) in [6, 6.07) is 30.7. The smallest absolute Gasteiger partial charge is 0.0119 e. The Hall–Kier alpha value is -2.08. The lowest BCUT2D eigenvalue weighted by molar-refractivity contribution is 1.36. The van der Waals surface area contributed by atoms with Gasteiger partial charge < -0.3 is 0 Å². The molecule has 0 heterocycles. The van der Waals surface area contributed by atoms with Crippen molar-refractivity contribution in [3.63, 3.8) is 0 Å². The van der Waals surface area contributed by atoms with Crippen LogP contribution in [-0.2, 0) is 0 Å². The number of rotatable bonds is 5. The van der Waals surface area contributed by atoms with Crippen LogP contribution in [0.2, 0.25) is 0 Å². The third-order valence-electron chi connectivity index (χ3n) is 4.40. The average molecular weight is 372 g/mol. The topological polar surface area (TPSA) is 0 Å². The van der Waals surface area contributed by atoms with Crippen LogP contribution in [0.4, 0.5) is 0 Å². The van der Waals surface area contributed by atoms with Gasteiger partial charge in [-0.05, 0) is 49.3 Å². The SMILES string of the molecule is Cc1ccc(SC2=C(P(c3ccccc3)c3ccccc3)C=CC2)cc1. The Morgan fingerprint density at radius 1 is 0.731 bits per heavy atom. The van der Waals surface area contributed by atoms with Crippen molar-refractivity contribution in [3.8, 4) is 0 Å². The van der Waals surface area contributed by atoms with Gasteiger partial charge >= 0.3 is 0 Å². The highest BCUT2D eigenvalue weighted by Crippen LogP contribution is 2.51. The van der Waals surface area contributed by atoms with Crippen molar-refractivity contribution < 1.29 is 0 Å². The fraction of sp³-hybridized carbons (Fsp3) is 0.0833. The van der Waals surface area contributed by atoms with Gasteiger partial charge in [0.25, 0.3) is 0 Å². The van der Waals surface area contributed by atoms with Gasteiger partial charge in [-0.3, -0.25) is 0 Å². The molecule has 2 heteroatoms. The maximum atomic E-state index is 2.35. The summed E-state index contributed by atoms with van der Waals surface area (Å²) in [4.78, 5) is 2.80. The van der Waals surface area contributed by atoms with Crippen LogP contribution in [0.1, 0.15) is 12.0 Å². The fourth-order valence-electron chi connectivity index (χ4n) is 3.10. The molecule has 26 heavy (non-hydrogen) atoms. The lowest BCUT2D eigenvalue weighted by atomic mass is 10.2. The minimum Gasteiger partial charge on any atom is -0.0935 e. The fourth-order valence-corrected chi connectivity index (χ4v) is 6.81. The van der Waals surface area contributed by atoms with Gasteiger partial charge in [-0.15, -0.1) is 0 Å². The average Bonchev–Trinajstić information content (AvgIpc) is 3.13. The molecule has 1 aliphatic rings. The minimum absolute atomic E-state index is 0.522. The first-order chi connectivity index (χ1) is 12.8. The molecule has 0 fully saturated rings. The molecule has 0 nitrogen and oxygen atoms in total. The van der Waals surface area contributed by atoms with E-state index in [1.807, 2.05) is 11.8 Å². The second kappa shape index (κ2) is 8.08. The lowest BCUT2D eigenvalue weighted by Crippen LogP contribution is -2.12. The molecule has 3 aromatic carbocycles. The van der Waals surface area contributed by atoms with Crippen LogP contribution in [0.5, 0.6) is 0 Å². The summed E-state index contributed by atoms with van der Waals surface area (Å²) in [5, 5.41) is 4.32. The highest BCUT2D eigenvalue weighted by molar-refractivity contribution is 8.03. The summed E-state index contributed by atoms with van der Waals surface area (Å²) >= 11 is 1.92. The quantitative estimate of drug-likeness (QED) is 0.468. The maximum Gasteiger partial charge on any atom is 0.0119 e. The van der Waals surface area contributed by atoms with E-state index in [4.69, 9.17) is 0 Å². The molecular formula is C24H21PS. The summed E-state index contributed by atoms with van der Waals surface area (Å²) in [6.45, 7) is 2.14. The maximum absolute atomic E-state index is 2.35. The van der Waals surface area contributed by atoms with Gasteiger partial charge in [0, 0.05) is 9.80 Å². The van der Waals surface area contributed by atoms with Crippen molar-refractivity contribution in [3.05, 3.63) is 113 Å². The van der Waals surface area contributed by atoms with Crippen molar-refractivity contribution in [2.24, 2.45) is 0 Å². The Morgan fingerprint density at radius 3 is 1.88 bits per heavy atom. The van der Waals surface area contributed by atoms with E-state index in [9.17, 15) is 0 Å². The first kappa shape index (κ1) is 17.3. The molecule has 0 aromatic heterocycles. The van der Waals surface area contributed by atoms with Crippen LogP contribution < -0.4 is 10.6 Å². The third kappa shape index (κ3) is 3.85. The Morgan fingerprint density at radius 2 is 1.31 bits per heavy atom. The minimum atomic E-state index is -0.522. The van der Waals surface area contributed by atoms with Crippen LogP contribution in [0.25, 0.3) is 0 Å². The van der Waals surface area contributed by atoms with Gasteiger partial charge in [-0.2, -0.15) is 0 Å². The molecule has 1 aliphatic carbocycles.